The minimum atomic E-state index is 0.0598. The van der Waals surface area contributed by atoms with Crippen molar-refractivity contribution in [3.63, 3.8) is 0 Å². The molecule has 0 aromatic heterocycles. The summed E-state index contributed by atoms with van der Waals surface area (Å²) in [6.07, 6.45) is 3.27. The Hall–Kier alpha value is -0.610. The Balaban J connectivity index is 2.21. The van der Waals surface area contributed by atoms with Crippen LogP contribution in [-0.4, -0.2) is 48.3 Å². The van der Waals surface area contributed by atoms with E-state index < -0.39 is 0 Å². The number of likely N-dealkylation sites (tertiary alicyclic amines) is 1. The third kappa shape index (κ3) is 3.80. The molecule has 1 aliphatic heterocycles. The highest BCUT2D eigenvalue weighted by atomic mass is 16.5. The lowest BCUT2D eigenvalue weighted by Gasteiger charge is -2.22. The van der Waals surface area contributed by atoms with Gasteiger partial charge in [-0.1, -0.05) is 0 Å². The van der Waals surface area contributed by atoms with Gasteiger partial charge < -0.3 is 14.7 Å². The van der Waals surface area contributed by atoms with Crippen molar-refractivity contribution in [2.75, 3.05) is 26.4 Å². The van der Waals surface area contributed by atoms with Gasteiger partial charge in [-0.3, -0.25) is 4.79 Å². The second-order valence-corrected chi connectivity index (χ2v) is 3.87. The largest absolute Gasteiger partial charge is 0.394 e. The quantitative estimate of drug-likeness (QED) is 0.666. The monoisotopic (exact) mass is 215 g/mol. The van der Waals surface area contributed by atoms with E-state index in [9.17, 15) is 4.79 Å². The van der Waals surface area contributed by atoms with E-state index in [0.717, 1.165) is 25.8 Å². The van der Waals surface area contributed by atoms with Crippen molar-refractivity contribution in [2.45, 2.75) is 38.6 Å². The Bertz CT molecular complexity index is 196. The first-order chi connectivity index (χ1) is 7.29. The van der Waals surface area contributed by atoms with E-state index >= 15 is 0 Å². The van der Waals surface area contributed by atoms with Gasteiger partial charge in [0.15, 0.2) is 0 Å². The first kappa shape index (κ1) is 12.5. The number of ether oxygens (including phenoxy) is 1. The van der Waals surface area contributed by atoms with E-state index in [4.69, 9.17) is 9.84 Å². The molecule has 88 valence electrons. The van der Waals surface area contributed by atoms with Crippen LogP contribution in [0, 0.1) is 0 Å². The number of rotatable bonds is 6. The zero-order valence-corrected chi connectivity index (χ0v) is 9.45. The van der Waals surface area contributed by atoms with Crippen LogP contribution in [0.5, 0.6) is 0 Å². The van der Waals surface area contributed by atoms with E-state index in [1.807, 2.05) is 11.8 Å². The lowest BCUT2D eigenvalue weighted by atomic mass is 10.2. The second-order valence-electron chi connectivity index (χ2n) is 3.87. The summed E-state index contributed by atoms with van der Waals surface area (Å²) in [4.78, 5) is 13.5. The van der Waals surface area contributed by atoms with Crippen molar-refractivity contribution in [1.29, 1.82) is 0 Å². The number of carbonyl (C=O) groups excluding carboxylic acids is 1. The van der Waals surface area contributed by atoms with E-state index in [1.165, 1.54) is 0 Å². The van der Waals surface area contributed by atoms with E-state index in [1.54, 1.807) is 0 Å². The molecule has 0 saturated carbocycles. The third-order valence-electron chi connectivity index (χ3n) is 2.79. The molecule has 1 amide bonds. The van der Waals surface area contributed by atoms with Crippen LogP contribution >= 0.6 is 0 Å². The van der Waals surface area contributed by atoms with Gasteiger partial charge in [0, 0.05) is 26.2 Å². The number of aliphatic hydroxyl groups is 1. The van der Waals surface area contributed by atoms with Crippen LogP contribution in [0.2, 0.25) is 0 Å². The van der Waals surface area contributed by atoms with Gasteiger partial charge in [0.05, 0.1) is 12.6 Å². The van der Waals surface area contributed by atoms with Gasteiger partial charge in [0.2, 0.25) is 5.91 Å². The maximum Gasteiger partial charge on any atom is 0.222 e. The van der Waals surface area contributed by atoms with Gasteiger partial charge in [-0.05, 0) is 26.2 Å². The zero-order chi connectivity index (χ0) is 11.1. The van der Waals surface area contributed by atoms with Crippen molar-refractivity contribution in [3.8, 4) is 0 Å². The molecule has 1 rings (SSSR count). The van der Waals surface area contributed by atoms with Gasteiger partial charge >= 0.3 is 0 Å². The number of hydrogen-bond donors (Lipinski definition) is 1. The number of nitrogens with zero attached hydrogens (tertiary/aromatic N) is 1. The van der Waals surface area contributed by atoms with Crippen molar-refractivity contribution in [1.82, 2.24) is 4.90 Å². The van der Waals surface area contributed by atoms with Crippen LogP contribution in [0.4, 0.5) is 0 Å². The fraction of sp³-hybridized carbons (Fsp3) is 0.909. The lowest BCUT2D eigenvalue weighted by molar-refractivity contribution is -0.133. The summed E-state index contributed by atoms with van der Waals surface area (Å²) in [5, 5.41) is 9.08. The predicted octanol–water partition coefficient (Wildman–Crippen LogP) is 0.786. The number of hydrogen-bond acceptors (Lipinski definition) is 3. The van der Waals surface area contributed by atoms with Gasteiger partial charge in [-0.25, -0.2) is 0 Å². The summed E-state index contributed by atoms with van der Waals surface area (Å²) in [6.45, 7) is 4.21. The second kappa shape index (κ2) is 6.80. The normalized spacial score (nSPS) is 20.9. The summed E-state index contributed by atoms with van der Waals surface area (Å²) in [7, 11) is 0. The fourth-order valence-electron chi connectivity index (χ4n) is 1.97. The molecular formula is C11H21NO3. The summed E-state index contributed by atoms with van der Waals surface area (Å²) >= 11 is 0. The Labute approximate surface area is 91.2 Å². The minimum Gasteiger partial charge on any atom is -0.394 e. The molecule has 1 aliphatic rings. The summed E-state index contributed by atoms with van der Waals surface area (Å²) < 4.78 is 5.18. The van der Waals surface area contributed by atoms with E-state index in [2.05, 4.69) is 0 Å². The van der Waals surface area contributed by atoms with Gasteiger partial charge in [-0.15, -0.1) is 0 Å². The molecule has 0 unspecified atom stereocenters. The maximum absolute atomic E-state index is 11.7. The number of carbonyl (C=O) groups is 1. The zero-order valence-electron chi connectivity index (χ0n) is 9.45. The summed E-state index contributed by atoms with van der Waals surface area (Å²) in [6, 6.07) is 0.0598. The summed E-state index contributed by atoms with van der Waals surface area (Å²) in [5.41, 5.74) is 0. The molecule has 0 bridgehead atoms. The third-order valence-corrected chi connectivity index (χ3v) is 2.79. The Morgan fingerprint density at radius 3 is 3.07 bits per heavy atom. The molecular weight excluding hydrogens is 194 g/mol. The van der Waals surface area contributed by atoms with Crippen LogP contribution in [0.25, 0.3) is 0 Å². The van der Waals surface area contributed by atoms with E-state index in [0.29, 0.717) is 19.6 Å². The van der Waals surface area contributed by atoms with Crippen molar-refractivity contribution >= 4 is 5.91 Å². The standard InChI is InChI=1S/C11H21NO3/c1-2-15-8-4-6-11(14)12-7-3-5-10(12)9-13/h10,13H,2-9H2,1H3/t10-/m1/s1. The van der Waals surface area contributed by atoms with Crippen LogP contribution in [0.1, 0.15) is 32.6 Å². The summed E-state index contributed by atoms with van der Waals surface area (Å²) in [5.74, 6) is 0.159. The average Bonchev–Trinajstić information content (AvgIpc) is 2.72. The number of amides is 1. The predicted molar refractivity (Wildman–Crippen MR) is 57.5 cm³/mol. The molecule has 4 nitrogen and oxygen atoms in total. The molecule has 1 atom stereocenters. The topological polar surface area (TPSA) is 49.8 Å². The Morgan fingerprint density at radius 2 is 2.40 bits per heavy atom. The first-order valence-corrected chi connectivity index (χ1v) is 5.77. The van der Waals surface area contributed by atoms with Crippen LogP contribution < -0.4 is 0 Å². The molecule has 1 heterocycles. The van der Waals surface area contributed by atoms with Crippen molar-refractivity contribution < 1.29 is 14.6 Å². The molecule has 1 N–H and O–H groups in total. The van der Waals surface area contributed by atoms with Gasteiger partial charge in [0.1, 0.15) is 0 Å². The smallest absolute Gasteiger partial charge is 0.222 e. The Kier molecular flexibility index (Phi) is 5.65. The van der Waals surface area contributed by atoms with Crippen molar-refractivity contribution in [3.05, 3.63) is 0 Å². The Morgan fingerprint density at radius 1 is 1.60 bits per heavy atom. The van der Waals surface area contributed by atoms with E-state index in [-0.39, 0.29) is 18.6 Å². The van der Waals surface area contributed by atoms with Gasteiger partial charge in [-0.2, -0.15) is 0 Å². The molecule has 4 heteroatoms. The minimum absolute atomic E-state index is 0.0598. The highest BCUT2D eigenvalue weighted by molar-refractivity contribution is 5.76. The lowest BCUT2D eigenvalue weighted by Crippen LogP contribution is -2.37. The molecule has 0 aliphatic carbocycles. The molecule has 0 radical (unpaired) electrons. The highest BCUT2D eigenvalue weighted by Crippen LogP contribution is 2.17. The van der Waals surface area contributed by atoms with Crippen LogP contribution in [0.3, 0.4) is 0 Å². The van der Waals surface area contributed by atoms with Crippen molar-refractivity contribution in [2.24, 2.45) is 0 Å². The number of aliphatic hydroxyl groups excluding tert-OH is 1. The fourth-order valence-corrected chi connectivity index (χ4v) is 1.97. The average molecular weight is 215 g/mol. The SMILES string of the molecule is CCOCCCC(=O)N1CCC[C@@H]1CO. The molecule has 1 saturated heterocycles. The highest BCUT2D eigenvalue weighted by Gasteiger charge is 2.27. The first-order valence-electron chi connectivity index (χ1n) is 5.77. The molecule has 0 spiro atoms. The van der Waals surface area contributed by atoms with Gasteiger partial charge in [0.25, 0.3) is 0 Å². The van der Waals surface area contributed by atoms with Crippen LogP contribution in [-0.2, 0) is 9.53 Å². The molecule has 0 aromatic carbocycles. The van der Waals surface area contributed by atoms with Crippen LogP contribution in [0.15, 0.2) is 0 Å². The molecule has 15 heavy (non-hydrogen) atoms. The maximum atomic E-state index is 11.7. The molecule has 1 fully saturated rings. The molecule has 0 aromatic rings.